The molecule has 1 N–H and O–H groups in total. The van der Waals surface area contributed by atoms with Gasteiger partial charge >= 0.3 is 0 Å². The zero-order valence-corrected chi connectivity index (χ0v) is 13.6. The first-order valence-corrected chi connectivity index (χ1v) is 7.08. The fourth-order valence-corrected chi connectivity index (χ4v) is 2.85. The maximum Gasteiger partial charge on any atom is 0.257 e. The van der Waals surface area contributed by atoms with Crippen molar-refractivity contribution in [1.29, 1.82) is 0 Å². The number of nitrogens with zero attached hydrogens (tertiary/aromatic N) is 3. The molecule has 0 saturated carbocycles. The van der Waals surface area contributed by atoms with Gasteiger partial charge in [-0.25, -0.2) is 0 Å². The molecule has 1 saturated heterocycles. The second kappa shape index (κ2) is 7.09. The van der Waals surface area contributed by atoms with E-state index < -0.39 is 0 Å². The Balaban J connectivity index is 0.00000200. The minimum atomic E-state index is 0. The van der Waals surface area contributed by atoms with Crippen LogP contribution in [0.15, 0.2) is 0 Å². The predicted octanol–water partition coefficient (Wildman–Crippen LogP) is 1.67. The van der Waals surface area contributed by atoms with Gasteiger partial charge in [-0.2, -0.15) is 5.10 Å². The van der Waals surface area contributed by atoms with E-state index in [1.54, 1.807) is 4.68 Å². The maximum atomic E-state index is 12.8. The summed E-state index contributed by atoms with van der Waals surface area (Å²) >= 11 is 0. The first kappa shape index (κ1) is 17.0. The molecule has 0 spiro atoms. The lowest BCUT2D eigenvalue weighted by molar-refractivity contribution is 0.0623. The van der Waals surface area contributed by atoms with E-state index in [4.69, 9.17) is 0 Å². The third kappa shape index (κ3) is 3.15. The van der Waals surface area contributed by atoms with Gasteiger partial charge in [-0.05, 0) is 20.3 Å². The lowest BCUT2D eigenvalue weighted by Gasteiger charge is -2.36. The van der Waals surface area contributed by atoms with E-state index >= 15 is 0 Å². The standard InChI is InChI=1S/C14H24N4O.ClH/c1-5-6-12-9-15-7-8-18(12)14(19)13-10(2)16-17(4)11(13)3;/h12,15H,5-9H2,1-4H3;1H. The zero-order valence-electron chi connectivity index (χ0n) is 12.8. The fourth-order valence-electron chi connectivity index (χ4n) is 2.85. The highest BCUT2D eigenvalue weighted by molar-refractivity contribution is 5.96. The Labute approximate surface area is 127 Å². The minimum absolute atomic E-state index is 0. The van der Waals surface area contributed by atoms with Crippen molar-refractivity contribution in [2.45, 2.75) is 39.7 Å². The summed E-state index contributed by atoms with van der Waals surface area (Å²) in [6.07, 6.45) is 2.15. The summed E-state index contributed by atoms with van der Waals surface area (Å²) in [7, 11) is 1.89. The molecule has 1 fully saturated rings. The molecule has 20 heavy (non-hydrogen) atoms. The number of carbonyl (C=O) groups is 1. The van der Waals surface area contributed by atoms with Crippen LogP contribution in [-0.4, -0.2) is 46.3 Å². The van der Waals surface area contributed by atoms with Crippen LogP contribution >= 0.6 is 12.4 Å². The number of amides is 1. The lowest BCUT2D eigenvalue weighted by atomic mass is 10.1. The highest BCUT2D eigenvalue weighted by Gasteiger charge is 2.29. The first-order valence-electron chi connectivity index (χ1n) is 7.08. The van der Waals surface area contributed by atoms with Crippen LogP contribution in [0.2, 0.25) is 0 Å². The molecular weight excluding hydrogens is 276 g/mol. The van der Waals surface area contributed by atoms with Gasteiger partial charge in [0.1, 0.15) is 0 Å². The van der Waals surface area contributed by atoms with E-state index in [1.807, 2.05) is 25.8 Å². The van der Waals surface area contributed by atoms with Gasteiger partial charge in [-0.3, -0.25) is 9.48 Å². The SMILES string of the molecule is CCCC1CNCCN1C(=O)c1c(C)nn(C)c1C.Cl. The second-order valence-electron chi connectivity index (χ2n) is 5.31. The first-order chi connectivity index (χ1) is 9.06. The highest BCUT2D eigenvalue weighted by Crippen LogP contribution is 2.19. The minimum Gasteiger partial charge on any atom is -0.333 e. The number of nitrogens with one attached hydrogen (secondary N) is 1. The topological polar surface area (TPSA) is 50.2 Å². The van der Waals surface area contributed by atoms with Crippen LogP contribution in [0.1, 0.15) is 41.5 Å². The average molecular weight is 301 g/mol. The molecule has 0 aliphatic carbocycles. The molecule has 1 aromatic rings. The van der Waals surface area contributed by atoms with Gasteiger partial charge in [0.05, 0.1) is 11.3 Å². The molecule has 0 bridgehead atoms. The molecule has 0 aromatic carbocycles. The number of halogens is 1. The lowest BCUT2D eigenvalue weighted by Crippen LogP contribution is -2.53. The third-order valence-electron chi connectivity index (χ3n) is 3.96. The van der Waals surface area contributed by atoms with Gasteiger partial charge in [0.15, 0.2) is 0 Å². The largest absolute Gasteiger partial charge is 0.333 e. The van der Waals surface area contributed by atoms with Crippen molar-refractivity contribution in [2.24, 2.45) is 7.05 Å². The predicted molar refractivity (Wildman–Crippen MR) is 82.5 cm³/mol. The summed E-state index contributed by atoms with van der Waals surface area (Å²) in [5.74, 6) is 0.142. The Bertz CT molecular complexity index is 470. The van der Waals surface area contributed by atoms with E-state index in [0.29, 0.717) is 6.04 Å². The Hall–Kier alpha value is -1.07. The molecule has 1 aliphatic heterocycles. The Kier molecular flexibility index (Phi) is 6.02. The number of hydrogen-bond acceptors (Lipinski definition) is 3. The molecule has 1 unspecified atom stereocenters. The Morgan fingerprint density at radius 3 is 2.70 bits per heavy atom. The van der Waals surface area contributed by atoms with Gasteiger partial charge in [-0.1, -0.05) is 13.3 Å². The molecule has 6 heteroatoms. The molecule has 0 radical (unpaired) electrons. The number of aromatic nitrogens is 2. The summed E-state index contributed by atoms with van der Waals surface area (Å²) in [6.45, 7) is 8.61. The van der Waals surface area contributed by atoms with Crippen LogP contribution in [0.5, 0.6) is 0 Å². The maximum absolute atomic E-state index is 12.8. The number of piperazine rings is 1. The van der Waals surface area contributed by atoms with E-state index in [9.17, 15) is 4.79 Å². The molecule has 1 amide bonds. The van der Waals surface area contributed by atoms with Crippen LogP contribution in [-0.2, 0) is 7.05 Å². The van der Waals surface area contributed by atoms with Crippen molar-refractivity contribution in [3.05, 3.63) is 17.0 Å². The van der Waals surface area contributed by atoms with Crippen molar-refractivity contribution in [2.75, 3.05) is 19.6 Å². The van der Waals surface area contributed by atoms with Gasteiger partial charge in [0.25, 0.3) is 5.91 Å². The third-order valence-corrected chi connectivity index (χ3v) is 3.96. The number of carbonyl (C=O) groups excluding carboxylic acids is 1. The Morgan fingerprint density at radius 1 is 1.45 bits per heavy atom. The van der Waals surface area contributed by atoms with Crippen LogP contribution in [0.3, 0.4) is 0 Å². The summed E-state index contributed by atoms with van der Waals surface area (Å²) in [6, 6.07) is 0.310. The smallest absolute Gasteiger partial charge is 0.257 e. The van der Waals surface area contributed by atoms with Crippen molar-refractivity contribution in [3.8, 4) is 0 Å². The van der Waals surface area contributed by atoms with Crippen LogP contribution < -0.4 is 5.32 Å². The van der Waals surface area contributed by atoms with Crippen LogP contribution in [0.25, 0.3) is 0 Å². The van der Waals surface area contributed by atoms with Crippen LogP contribution in [0.4, 0.5) is 0 Å². The van der Waals surface area contributed by atoms with Gasteiger partial charge in [0, 0.05) is 38.4 Å². The second-order valence-corrected chi connectivity index (χ2v) is 5.31. The van der Waals surface area contributed by atoms with E-state index in [0.717, 1.165) is 49.4 Å². The molecule has 114 valence electrons. The summed E-state index contributed by atoms with van der Waals surface area (Å²) in [5, 5.41) is 7.73. The molecular formula is C14H25ClN4O. The van der Waals surface area contributed by atoms with Gasteiger partial charge < -0.3 is 10.2 Å². The zero-order chi connectivity index (χ0) is 14.0. The van der Waals surface area contributed by atoms with Crippen molar-refractivity contribution in [3.63, 3.8) is 0 Å². The summed E-state index contributed by atoms with van der Waals surface area (Å²) < 4.78 is 1.79. The normalized spacial score (nSPS) is 18.8. The van der Waals surface area contributed by atoms with Crippen molar-refractivity contribution in [1.82, 2.24) is 20.0 Å². The molecule has 2 heterocycles. The molecule has 1 atom stereocenters. The van der Waals surface area contributed by atoms with Gasteiger partial charge in [0.2, 0.25) is 0 Å². The monoisotopic (exact) mass is 300 g/mol. The van der Waals surface area contributed by atoms with Crippen LogP contribution in [0, 0.1) is 13.8 Å². The number of hydrogen-bond donors (Lipinski definition) is 1. The quantitative estimate of drug-likeness (QED) is 0.924. The highest BCUT2D eigenvalue weighted by atomic mass is 35.5. The van der Waals surface area contributed by atoms with E-state index in [1.165, 1.54) is 0 Å². The van der Waals surface area contributed by atoms with Gasteiger partial charge in [-0.15, -0.1) is 12.4 Å². The molecule has 5 nitrogen and oxygen atoms in total. The number of aryl methyl sites for hydroxylation is 2. The summed E-state index contributed by atoms with van der Waals surface area (Å²) in [4.78, 5) is 14.8. The molecule has 1 aliphatic rings. The number of rotatable bonds is 3. The van der Waals surface area contributed by atoms with E-state index in [2.05, 4.69) is 17.3 Å². The van der Waals surface area contributed by atoms with Crippen molar-refractivity contribution < 1.29 is 4.79 Å². The van der Waals surface area contributed by atoms with Crippen molar-refractivity contribution >= 4 is 18.3 Å². The fraction of sp³-hybridized carbons (Fsp3) is 0.714. The Morgan fingerprint density at radius 2 is 2.15 bits per heavy atom. The van der Waals surface area contributed by atoms with E-state index in [-0.39, 0.29) is 18.3 Å². The summed E-state index contributed by atoms with van der Waals surface area (Å²) in [5.41, 5.74) is 2.57. The molecule has 1 aromatic heterocycles. The molecule has 2 rings (SSSR count). The average Bonchev–Trinajstić information content (AvgIpc) is 2.64.